The Balaban J connectivity index is 1.89. The third-order valence-corrected chi connectivity index (χ3v) is 4.36. The SMILES string of the molecule is N#Cc1c(NC(=O)c2ccccn2)sc2c1CCC2. The van der Waals surface area contributed by atoms with Crippen LogP contribution in [-0.2, 0) is 12.8 Å². The molecule has 0 spiro atoms. The molecule has 0 radical (unpaired) electrons. The first-order valence-corrected chi connectivity index (χ1v) is 6.88. The van der Waals surface area contributed by atoms with E-state index in [1.54, 1.807) is 24.4 Å². The van der Waals surface area contributed by atoms with Gasteiger partial charge in [0.05, 0.1) is 5.56 Å². The normalized spacial score (nSPS) is 12.8. The lowest BCUT2D eigenvalue weighted by atomic mass is 10.1. The molecule has 1 aliphatic rings. The molecule has 3 rings (SSSR count). The number of fused-ring (bicyclic) bond motifs is 1. The molecule has 2 aromatic heterocycles. The summed E-state index contributed by atoms with van der Waals surface area (Å²) in [5, 5.41) is 12.7. The highest BCUT2D eigenvalue weighted by molar-refractivity contribution is 7.16. The van der Waals surface area contributed by atoms with E-state index in [0.29, 0.717) is 16.3 Å². The summed E-state index contributed by atoms with van der Waals surface area (Å²) >= 11 is 1.51. The van der Waals surface area contributed by atoms with E-state index in [1.165, 1.54) is 16.2 Å². The van der Waals surface area contributed by atoms with E-state index in [-0.39, 0.29) is 5.91 Å². The maximum atomic E-state index is 12.0. The number of anilines is 1. The molecule has 0 fully saturated rings. The minimum absolute atomic E-state index is 0.267. The van der Waals surface area contributed by atoms with Crippen molar-refractivity contribution in [3.63, 3.8) is 0 Å². The number of nitriles is 1. The number of thiophene rings is 1. The zero-order chi connectivity index (χ0) is 13.2. The smallest absolute Gasteiger partial charge is 0.274 e. The number of carbonyl (C=O) groups excluding carboxylic acids is 1. The summed E-state index contributed by atoms with van der Waals surface area (Å²) < 4.78 is 0. The maximum absolute atomic E-state index is 12.0. The fourth-order valence-corrected chi connectivity index (χ4v) is 3.51. The molecule has 0 atom stereocenters. The van der Waals surface area contributed by atoms with Crippen molar-refractivity contribution in [1.29, 1.82) is 5.26 Å². The number of hydrogen-bond donors (Lipinski definition) is 1. The predicted molar refractivity (Wildman–Crippen MR) is 73.2 cm³/mol. The number of nitrogens with one attached hydrogen (secondary N) is 1. The highest BCUT2D eigenvalue weighted by Gasteiger charge is 2.23. The molecule has 1 amide bonds. The molecule has 5 heteroatoms. The van der Waals surface area contributed by atoms with Crippen LogP contribution in [0.15, 0.2) is 24.4 Å². The molecule has 94 valence electrons. The average Bonchev–Trinajstić information content (AvgIpc) is 3.00. The molecular weight excluding hydrogens is 258 g/mol. The highest BCUT2D eigenvalue weighted by atomic mass is 32.1. The van der Waals surface area contributed by atoms with Crippen molar-refractivity contribution in [2.45, 2.75) is 19.3 Å². The Morgan fingerprint density at radius 1 is 1.42 bits per heavy atom. The molecule has 2 heterocycles. The molecular formula is C14H11N3OS. The van der Waals surface area contributed by atoms with E-state index in [1.807, 2.05) is 0 Å². The van der Waals surface area contributed by atoms with E-state index in [9.17, 15) is 10.1 Å². The van der Waals surface area contributed by atoms with Crippen LogP contribution in [0.3, 0.4) is 0 Å². The van der Waals surface area contributed by atoms with Gasteiger partial charge >= 0.3 is 0 Å². The zero-order valence-electron chi connectivity index (χ0n) is 10.1. The minimum atomic E-state index is -0.267. The van der Waals surface area contributed by atoms with E-state index >= 15 is 0 Å². The number of aryl methyl sites for hydroxylation is 1. The maximum Gasteiger partial charge on any atom is 0.274 e. The standard InChI is InChI=1S/C14H11N3OS/c15-8-10-9-4-3-6-12(9)19-14(10)17-13(18)11-5-1-2-7-16-11/h1-2,5,7H,3-4,6H2,(H,17,18). The minimum Gasteiger partial charge on any atom is -0.311 e. The number of aromatic nitrogens is 1. The largest absolute Gasteiger partial charge is 0.311 e. The third-order valence-electron chi connectivity index (χ3n) is 3.16. The molecule has 0 saturated heterocycles. The Morgan fingerprint density at radius 2 is 2.32 bits per heavy atom. The summed E-state index contributed by atoms with van der Waals surface area (Å²) in [6.07, 6.45) is 4.63. The van der Waals surface area contributed by atoms with Crippen LogP contribution in [0.5, 0.6) is 0 Å². The Labute approximate surface area is 114 Å². The second-order valence-corrected chi connectivity index (χ2v) is 5.45. The summed E-state index contributed by atoms with van der Waals surface area (Å²) in [4.78, 5) is 17.3. The van der Waals surface area contributed by atoms with E-state index in [2.05, 4.69) is 16.4 Å². The van der Waals surface area contributed by atoms with Gasteiger partial charge in [-0.25, -0.2) is 0 Å². The van der Waals surface area contributed by atoms with Gasteiger partial charge in [-0.3, -0.25) is 9.78 Å². The van der Waals surface area contributed by atoms with Crippen LogP contribution in [0.2, 0.25) is 0 Å². The van der Waals surface area contributed by atoms with Gasteiger partial charge in [-0.15, -0.1) is 11.3 Å². The van der Waals surface area contributed by atoms with Crippen LogP contribution in [0.1, 0.15) is 32.9 Å². The lowest BCUT2D eigenvalue weighted by molar-refractivity contribution is 0.102. The van der Waals surface area contributed by atoms with Crippen LogP contribution in [0, 0.1) is 11.3 Å². The summed E-state index contributed by atoms with van der Waals surface area (Å²) in [5.41, 5.74) is 2.10. The summed E-state index contributed by atoms with van der Waals surface area (Å²) in [6, 6.07) is 7.39. The van der Waals surface area contributed by atoms with Crippen molar-refractivity contribution in [2.75, 3.05) is 5.32 Å². The summed E-state index contributed by atoms with van der Waals surface area (Å²) in [5.74, 6) is -0.267. The van der Waals surface area contributed by atoms with Crippen LogP contribution in [0.25, 0.3) is 0 Å². The van der Waals surface area contributed by atoms with Crippen molar-refractivity contribution < 1.29 is 4.79 Å². The number of carbonyl (C=O) groups is 1. The van der Waals surface area contributed by atoms with Gasteiger partial charge in [0, 0.05) is 11.1 Å². The number of nitrogens with zero attached hydrogens (tertiary/aromatic N) is 2. The van der Waals surface area contributed by atoms with Gasteiger partial charge in [0.1, 0.15) is 16.8 Å². The van der Waals surface area contributed by atoms with Crippen LogP contribution in [-0.4, -0.2) is 10.9 Å². The van der Waals surface area contributed by atoms with Crippen molar-refractivity contribution in [2.24, 2.45) is 0 Å². The summed E-state index contributed by atoms with van der Waals surface area (Å²) in [7, 11) is 0. The Kier molecular flexibility index (Phi) is 3.02. The monoisotopic (exact) mass is 269 g/mol. The molecule has 19 heavy (non-hydrogen) atoms. The van der Waals surface area contributed by atoms with Gasteiger partial charge in [-0.2, -0.15) is 5.26 Å². The Hall–Kier alpha value is -2.19. The fourth-order valence-electron chi connectivity index (χ4n) is 2.27. The molecule has 4 nitrogen and oxygen atoms in total. The predicted octanol–water partition coefficient (Wildman–Crippen LogP) is 2.76. The van der Waals surface area contributed by atoms with Crippen LogP contribution < -0.4 is 5.32 Å². The molecule has 0 aromatic carbocycles. The number of amides is 1. The van der Waals surface area contributed by atoms with Gasteiger partial charge in [0.2, 0.25) is 0 Å². The van der Waals surface area contributed by atoms with Gasteiger partial charge in [-0.05, 0) is 37.0 Å². The highest BCUT2D eigenvalue weighted by Crippen LogP contribution is 2.38. The third kappa shape index (κ3) is 2.11. The molecule has 0 unspecified atom stereocenters. The second kappa shape index (κ2) is 4.82. The van der Waals surface area contributed by atoms with Gasteiger partial charge in [0.15, 0.2) is 0 Å². The fraction of sp³-hybridized carbons (Fsp3) is 0.214. The number of rotatable bonds is 2. The molecule has 2 aromatic rings. The Bertz CT molecular complexity index is 670. The van der Waals surface area contributed by atoms with Crippen molar-refractivity contribution in [3.05, 3.63) is 46.1 Å². The van der Waals surface area contributed by atoms with E-state index < -0.39 is 0 Å². The second-order valence-electron chi connectivity index (χ2n) is 4.34. The number of pyridine rings is 1. The molecule has 0 saturated carbocycles. The van der Waals surface area contributed by atoms with Crippen LogP contribution >= 0.6 is 11.3 Å². The topological polar surface area (TPSA) is 65.8 Å². The molecule has 1 aliphatic carbocycles. The van der Waals surface area contributed by atoms with Gasteiger partial charge in [-0.1, -0.05) is 6.07 Å². The molecule has 0 bridgehead atoms. The Morgan fingerprint density at radius 3 is 3.05 bits per heavy atom. The van der Waals surface area contributed by atoms with Crippen molar-refractivity contribution in [1.82, 2.24) is 4.98 Å². The van der Waals surface area contributed by atoms with Crippen molar-refractivity contribution >= 4 is 22.2 Å². The molecule has 1 N–H and O–H groups in total. The first-order valence-electron chi connectivity index (χ1n) is 6.06. The van der Waals surface area contributed by atoms with Crippen molar-refractivity contribution in [3.8, 4) is 6.07 Å². The lowest BCUT2D eigenvalue weighted by Crippen LogP contribution is -2.13. The molecule has 0 aliphatic heterocycles. The van der Waals surface area contributed by atoms with Crippen LogP contribution in [0.4, 0.5) is 5.00 Å². The first-order chi connectivity index (χ1) is 9.29. The van der Waals surface area contributed by atoms with E-state index in [4.69, 9.17) is 0 Å². The zero-order valence-corrected chi connectivity index (χ0v) is 11.0. The first kappa shape index (κ1) is 11.9. The quantitative estimate of drug-likeness (QED) is 0.911. The van der Waals surface area contributed by atoms with Gasteiger partial charge in [0.25, 0.3) is 5.91 Å². The number of hydrogen-bond acceptors (Lipinski definition) is 4. The average molecular weight is 269 g/mol. The summed E-state index contributed by atoms with van der Waals surface area (Å²) in [6.45, 7) is 0. The van der Waals surface area contributed by atoms with E-state index in [0.717, 1.165) is 24.8 Å². The lowest BCUT2D eigenvalue weighted by Gasteiger charge is -2.02. The van der Waals surface area contributed by atoms with Gasteiger partial charge < -0.3 is 5.32 Å².